The van der Waals surface area contributed by atoms with Crippen molar-refractivity contribution in [2.24, 2.45) is 5.73 Å². The maximum absolute atomic E-state index is 5.82. The van der Waals surface area contributed by atoms with E-state index in [1.54, 1.807) is 0 Å². The molecule has 2 N–H and O–H groups in total. The summed E-state index contributed by atoms with van der Waals surface area (Å²) >= 11 is 0. The quantitative estimate of drug-likeness (QED) is 0.831. The van der Waals surface area contributed by atoms with Crippen LogP contribution >= 0.6 is 0 Å². The molecule has 0 aromatic carbocycles. The number of aromatic nitrogens is 1. The van der Waals surface area contributed by atoms with Crippen LogP contribution in [-0.4, -0.2) is 17.6 Å². The first kappa shape index (κ1) is 11.4. The highest BCUT2D eigenvalue weighted by atomic mass is 15.2. The minimum absolute atomic E-state index is 0.0697. The predicted molar refractivity (Wildman–Crippen MR) is 67.5 cm³/mol. The lowest BCUT2D eigenvalue weighted by Crippen LogP contribution is -2.37. The molecule has 2 heterocycles. The van der Waals surface area contributed by atoms with Gasteiger partial charge in [-0.05, 0) is 44.7 Å². The Hall–Kier alpha value is -1.09. The van der Waals surface area contributed by atoms with E-state index in [9.17, 15) is 0 Å². The van der Waals surface area contributed by atoms with E-state index in [1.807, 2.05) is 13.1 Å². The van der Waals surface area contributed by atoms with Crippen LogP contribution in [0.4, 0.5) is 5.82 Å². The summed E-state index contributed by atoms with van der Waals surface area (Å²) in [6.45, 7) is 5.40. The molecule has 1 aliphatic heterocycles. The topological polar surface area (TPSA) is 42.1 Å². The smallest absolute Gasteiger partial charge is 0.128 e. The monoisotopic (exact) mass is 219 g/mol. The standard InChI is InChI=1S/C13H21N3/c1-10-5-3-4-8-16(10)13-7-6-12(9-15-13)11(2)14/h6-7,9-11H,3-5,8,14H2,1-2H3/t10?,11-/m1/s1. The van der Waals surface area contributed by atoms with Gasteiger partial charge >= 0.3 is 0 Å². The van der Waals surface area contributed by atoms with Gasteiger partial charge in [-0.1, -0.05) is 6.07 Å². The molecule has 1 fully saturated rings. The van der Waals surface area contributed by atoms with Gasteiger partial charge in [-0.2, -0.15) is 0 Å². The molecule has 3 heteroatoms. The first-order valence-electron chi connectivity index (χ1n) is 6.16. The molecule has 1 aromatic heterocycles. The average molecular weight is 219 g/mol. The van der Waals surface area contributed by atoms with Gasteiger partial charge in [0, 0.05) is 24.8 Å². The molecule has 0 amide bonds. The molecule has 0 bridgehead atoms. The zero-order valence-electron chi connectivity index (χ0n) is 10.2. The van der Waals surface area contributed by atoms with Gasteiger partial charge in [0.05, 0.1) is 0 Å². The molecule has 1 aliphatic rings. The highest BCUT2D eigenvalue weighted by molar-refractivity contribution is 5.41. The molecule has 3 nitrogen and oxygen atoms in total. The second-order valence-corrected chi connectivity index (χ2v) is 4.78. The van der Waals surface area contributed by atoms with Crippen LogP contribution < -0.4 is 10.6 Å². The van der Waals surface area contributed by atoms with E-state index in [1.165, 1.54) is 19.3 Å². The SMILES string of the molecule is CC1CCCCN1c1ccc([C@@H](C)N)cn1. The van der Waals surface area contributed by atoms with Crippen LogP contribution in [0, 0.1) is 0 Å². The Balaban J connectivity index is 2.14. The number of nitrogens with two attached hydrogens (primary N) is 1. The third-order valence-corrected chi connectivity index (χ3v) is 3.39. The number of piperidine rings is 1. The highest BCUT2D eigenvalue weighted by Gasteiger charge is 2.19. The van der Waals surface area contributed by atoms with Crippen LogP contribution in [0.25, 0.3) is 0 Å². The van der Waals surface area contributed by atoms with E-state index in [-0.39, 0.29) is 6.04 Å². The summed E-state index contributed by atoms with van der Waals surface area (Å²) in [6, 6.07) is 4.87. The number of pyridine rings is 1. The molecule has 0 spiro atoms. The Morgan fingerprint density at radius 1 is 1.44 bits per heavy atom. The van der Waals surface area contributed by atoms with Crippen LogP contribution in [0.2, 0.25) is 0 Å². The lowest BCUT2D eigenvalue weighted by Gasteiger charge is -2.34. The molecule has 2 atom stereocenters. The zero-order valence-corrected chi connectivity index (χ0v) is 10.2. The second-order valence-electron chi connectivity index (χ2n) is 4.78. The fourth-order valence-electron chi connectivity index (χ4n) is 2.28. The molecule has 0 radical (unpaired) electrons. The Labute approximate surface area is 97.7 Å². The number of nitrogens with zero attached hydrogens (tertiary/aromatic N) is 2. The van der Waals surface area contributed by atoms with E-state index < -0.39 is 0 Å². The van der Waals surface area contributed by atoms with Crippen molar-refractivity contribution in [2.75, 3.05) is 11.4 Å². The van der Waals surface area contributed by atoms with Crippen LogP contribution in [0.15, 0.2) is 18.3 Å². The number of hydrogen-bond acceptors (Lipinski definition) is 3. The van der Waals surface area contributed by atoms with Gasteiger partial charge in [-0.15, -0.1) is 0 Å². The molecule has 16 heavy (non-hydrogen) atoms. The van der Waals surface area contributed by atoms with E-state index >= 15 is 0 Å². The summed E-state index contributed by atoms with van der Waals surface area (Å²) in [7, 11) is 0. The summed E-state index contributed by atoms with van der Waals surface area (Å²) < 4.78 is 0. The summed E-state index contributed by atoms with van der Waals surface area (Å²) in [5, 5.41) is 0. The highest BCUT2D eigenvalue weighted by Crippen LogP contribution is 2.23. The van der Waals surface area contributed by atoms with Gasteiger partial charge in [0.1, 0.15) is 5.82 Å². The number of hydrogen-bond donors (Lipinski definition) is 1. The van der Waals surface area contributed by atoms with Crippen molar-refractivity contribution in [2.45, 2.75) is 45.2 Å². The van der Waals surface area contributed by atoms with Gasteiger partial charge in [0.25, 0.3) is 0 Å². The largest absolute Gasteiger partial charge is 0.354 e. The van der Waals surface area contributed by atoms with Gasteiger partial charge in [0.15, 0.2) is 0 Å². The zero-order chi connectivity index (χ0) is 11.5. The number of rotatable bonds is 2. The lowest BCUT2D eigenvalue weighted by molar-refractivity contribution is 0.481. The first-order valence-corrected chi connectivity index (χ1v) is 6.16. The van der Waals surface area contributed by atoms with E-state index in [2.05, 4.69) is 28.9 Å². The van der Waals surface area contributed by atoms with Crippen molar-refractivity contribution in [3.63, 3.8) is 0 Å². The third kappa shape index (κ3) is 2.35. The summed E-state index contributed by atoms with van der Waals surface area (Å²) in [4.78, 5) is 6.92. The van der Waals surface area contributed by atoms with E-state index in [4.69, 9.17) is 5.73 Å². The van der Waals surface area contributed by atoms with Crippen molar-refractivity contribution >= 4 is 5.82 Å². The maximum Gasteiger partial charge on any atom is 0.128 e. The molecule has 2 rings (SSSR count). The van der Waals surface area contributed by atoms with E-state index in [0.29, 0.717) is 6.04 Å². The summed E-state index contributed by atoms with van der Waals surface area (Å²) in [6.07, 6.45) is 5.80. The van der Waals surface area contributed by atoms with Crippen molar-refractivity contribution in [3.8, 4) is 0 Å². The van der Waals surface area contributed by atoms with Crippen LogP contribution in [-0.2, 0) is 0 Å². The molecule has 0 saturated carbocycles. The van der Waals surface area contributed by atoms with Crippen molar-refractivity contribution in [1.29, 1.82) is 0 Å². The van der Waals surface area contributed by atoms with Crippen molar-refractivity contribution < 1.29 is 0 Å². The summed E-state index contributed by atoms with van der Waals surface area (Å²) in [5.74, 6) is 1.09. The fraction of sp³-hybridized carbons (Fsp3) is 0.615. The molecular formula is C13H21N3. The maximum atomic E-state index is 5.82. The molecule has 88 valence electrons. The Kier molecular flexibility index (Phi) is 3.44. The molecular weight excluding hydrogens is 198 g/mol. The molecule has 0 aliphatic carbocycles. The van der Waals surface area contributed by atoms with Gasteiger partial charge in [-0.25, -0.2) is 4.98 Å². The van der Waals surface area contributed by atoms with Gasteiger partial charge < -0.3 is 10.6 Å². The molecule has 1 aromatic rings. The van der Waals surface area contributed by atoms with Crippen LogP contribution in [0.3, 0.4) is 0 Å². The Bertz CT molecular complexity index is 332. The fourth-order valence-corrected chi connectivity index (χ4v) is 2.28. The second kappa shape index (κ2) is 4.83. The predicted octanol–water partition coefficient (Wildman–Crippen LogP) is 2.48. The lowest BCUT2D eigenvalue weighted by atomic mass is 10.0. The minimum Gasteiger partial charge on any atom is -0.354 e. The average Bonchev–Trinajstić information content (AvgIpc) is 2.30. The van der Waals surface area contributed by atoms with Gasteiger partial charge in [-0.3, -0.25) is 0 Å². The Morgan fingerprint density at radius 3 is 2.81 bits per heavy atom. The Morgan fingerprint density at radius 2 is 2.25 bits per heavy atom. The third-order valence-electron chi connectivity index (χ3n) is 3.39. The van der Waals surface area contributed by atoms with Crippen LogP contribution in [0.1, 0.15) is 44.7 Å². The molecule has 1 saturated heterocycles. The van der Waals surface area contributed by atoms with Crippen molar-refractivity contribution in [3.05, 3.63) is 23.9 Å². The minimum atomic E-state index is 0.0697. The first-order chi connectivity index (χ1) is 7.68. The molecule has 1 unspecified atom stereocenters. The van der Waals surface area contributed by atoms with Gasteiger partial charge in [0.2, 0.25) is 0 Å². The normalized spacial score (nSPS) is 23.2. The summed E-state index contributed by atoms with van der Waals surface area (Å²) in [5.41, 5.74) is 6.92. The van der Waals surface area contributed by atoms with Crippen molar-refractivity contribution in [1.82, 2.24) is 4.98 Å². The van der Waals surface area contributed by atoms with E-state index in [0.717, 1.165) is 17.9 Å². The van der Waals surface area contributed by atoms with Crippen LogP contribution in [0.5, 0.6) is 0 Å². The number of anilines is 1.